The highest BCUT2D eigenvalue weighted by molar-refractivity contribution is 7.88. The molecule has 1 saturated carbocycles. The van der Waals surface area contributed by atoms with Crippen LogP contribution < -0.4 is 9.46 Å². The first-order chi connectivity index (χ1) is 19.5. The zero-order valence-electron chi connectivity index (χ0n) is 22.2. The molecule has 2 atom stereocenters. The van der Waals surface area contributed by atoms with E-state index in [0.717, 1.165) is 23.4 Å². The number of hydrogen-bond acceptors (Lipinski definition) is 5. The predicted octanol–water partition coefficient (Wildman–Crippen LogP) is 7.17. The maximum absolute atomic E-state index is 15.1. The Morgan fingerprint density at radius 2 is 1.88 bits per heavy atom. The van der Waals surface area contributed by atoms with Crippen molar-refractivity contribution in [1.29, 1.82) is 0 Å². The fourth-order valence-corrected chi connectivity index (χ4v) is 6.64. The number of hydrogen-bond donors (Lipinski definition) is 1. The highest BCUT2D eigenvalue weighted by Crippen LogP contribution is 2.45. The third-order valence-electron chi connectivity index (χ3n) is 7.23. The average molecular weight is 622 g/mol. The largest absolute Gasteiger partial charge is 0.485 e. The summed E-state index contributed by atoms with van der Waals surface area (Å²) in [4.78, 5) is 4.58. The summed E-state index contributed by atoms with van der Waals surface area (Å²) in [5.74, 6) is -1.07. The Labute approximate surface area is 247 Å². The molecular formula is C30H28Cl2F2N2O4S. The van der Waals surface area contributed by atoms with E-state index >= 15 is 4.39 Å². The smallest absolute Gasteiger partial charge is 0.208 e. The van der Waals surface area contributed by atoms with Gasteiger partial charge < -0.3 is 9.15 Å². The third kappa shape index (κ3) is 6.92. The second kappa shape index (κ2) is 12.1. The van der Waals surface area contributed by atoms with Crippen molar-refractivity contribution in [1.82, 2.24) is 9.71 Å². The maximum Gasteiger partial charge on any atom is 0.208 e. The van der Waals surface area contributed by atoms with Gasteiger partial charge in [-0.3, -0.25) is 0 Å². The summed E-state index contributed by atoms with van der Waals surface area (Å²) in [6.07, 6.45) is 4.67. The molecule has 0 radical (unpaired) electrons. The molecule has 216 valence electrons. The molecule has 1 aliphatic carbocycles. The minimum absolute atomic E-state index is 0.0820. The summed E-state index contributed by atoms with van der Waals surface area (Å²) in [7, 11) is -3.42. The Morgan fingerprint density at radius 1 is 1.10 bits per heavy atom. The predicted molar refractivity (Wildman–Crippen MR) is 155 cm³/mol. The lowest BCUT2D eigenvalue weighted by Crippen LogP contribution is -2.35. The summed E-state index contributed by atoms with van der Waals surface area (Å²) in [6.45, 7) is 0.0820. The number of benzene rings is 3. The molecule has 1 N–H and O–H groups in total. The first-order valence-electron chi connectivity index (χ1n) is 13.0. The van der Waals surface area contributed by atoms with Crippen LogP contribution in [0.5, 0.6) is 5.75 Å². The van der Waals surface area contributed by atoms with E-state index < -0.39 is 27.1 Å². The summed E-state index contributed by atoms with van der Waals surface area (Å²) in [5, 5.41) is 0.293. The van der Waals surface area contributed by atoms with Crippen LogP contribution in [0.15, 0.2) is 71.3 Å². The SMILES string of the molecule is CS(=O)(=O)N[C@H]1CC[C@](Cc2ccc(Cl)c(-c3cc(F)cc(F)c3OCc3ccccc3)c2)(c2nc(CCl)co2)C1. The quantitative estimate of drug-likeness (QED) is 0.190. The van der Waals surface area contributed by atoms with E-state index in [1.807, 2.05) is 36.4 Å². The molecule has 1 aromatic heterocycles. The van der Waals surface area contributed by atoms with Gasteiger partial charge in [0.15, 0.2) is 11.6 Å². The molecule has 41 heavy (non-hydrogen) atoms. The molecule has 0 amide bonds. The van der Waals surface area contributed by atoms with Crippen LogP contribution in [-0.2, 0) is 34.3 Å². The van der Waals surface area contributed by atoms with Crippen molar-refractivity contribution in [2.75, 3.05) is 6.26 Å². The molecule has 0 bridgehead atoms. The third-order valence-corrected chi connectivity index (χ3v) is 8.59. The topological polar surface area (TPSA) is 81.4 Å². The molecule has 3 aromatic carbocycles. The van der Waals surface area contributed by atoms with Crippen molar-refractivity contribution >= 4 is 33.2 Å². The number of aromatic nitrogens is 1. The highest BCUT2D eigenvalue weighted by atomic mass is 35.5. The van der Waals surface area contributed by atoms with E-state index in [0.29, 0.717) is 47.9 Å². The first kappa shape index (κ1) is 29.5. The number of sulfonamides is 1. The van der Waals surface area contributed by atoms with Crippen LogP contribution in [0.25, 0.3) is 11.1 Å². The Kier molecular flexibility index (Phi) is 8.70. The van der Waals surface area contributed by atoms with Gasteiger partial charge in [-0.25, -0.2) is 26.9 Å². The number of nitrogens with zero attached hydrogens (tertiary/aromatic N) is 1. The number of alkyl halides is 1. The number of ether oxygens (including phenoxy) is 1. The number of rotatable bonds is 10. The van der Waals surface area contributed by atoms with Crippen LogP contribution in [0.3, 0.4) is 0 Å². The van der Waals surface area contributed by atoms with Gasteiger partial charge in [-0.15, -0.1) is 11.6 Å². The van der Waals surface area contributed by atoms with Gasteiger partial charge in [0, 0.05) is 28.3 Å². The Bertz CT molecular complexity index is 1650. The molecule has 1 aliphatic rings. The summed E-state index contributed by atoms with van der Waals surface area (Å²) < 4.78 is 67.9. The van der Waals surface area contributed by atoms with Crippen LogP contribution in [0.1, 0.15) is 42.0 Å². The molecule has 6 nitrogen and oxygen atoms in total. The molecule has 4 aromatic rings. The average Bonchev–Trinajstić information content (AvgIpc) is 3.57. The normalized spacial score (nSPS) is 19.0. The fourth-order valence-electron chi connectivity index (χ4n) is 5.49. The molecule has 0 unspecified atom stereocenters. The van der Waals surface area contributed by atoms with Gasteiger partial charge in [0.25, 0.3) is 0 Å². The van der Waals surface area contributed by atoms with E-state index in [-0.39, 0.29) is 29.8 Å². The minimum atomic E-state index is -3.42. The Hall–Kier alpha value is -2.98. The number of halogens is 4. The van der Waals surface area contributed by atoms with Gasteiger partial charge in [0.1, 0.15) is 18.7 Å². The lowest BCUT2D eigenvalue weighted by molar-refractivity contribution is 0.291. The summed E-state index contributed by atoms with van der Waals surface area (Å²) in [5.41, 5.74) is 2.14. The molecule has 0 aliphatic heterocycles. The summed E-state index contributed by atoms with van der Waals surface area (Å²) >= 11 is 12.6. The lowest BCUT2D eigenvalue weighted by Gasteiger charge is -2.27. The molecular weight excluding hydrogens is 593 g/mol. The van der Waals surface area contributed by atoms with Crippen molar-refractivity contribution in [2.24, 2.45) is 0 Å². The second-order valence-electron chi connectivity index (χ2n) is 10.4. The van der Waals surface area contributed by atoms with Crippen molar-refractivity contribution in [3.63, 3.8) is 0 Å². The highest BCUT2D eigenvalue weighted by Gasteiger charge is 2.45. The van der Waals surface area contributed by atoms with Gasteiger partial charge >= 0.3 is 0 Å². The van der Waals surface area contributed by atoms with E-state index in [1.165, 1.54) is 12.3 Å². The first-order valence-corrected chi connectivity index (χ1v) is 15.8. The van der Waals surface area contributed by atoms with Gasteiger partial charge in [0.2, 0.25) is 15.9 Å². The maximum atomic E-state index is 15.1. The van der Waals surface area contributed by atoms with E-state index in [1.54, 1.807) is 12.1 Å². The lowest BCUT2D eigenvalue weighted by atomic mass is 9.79. The van der Waals surface area contributed by atoms with E-state index in [2.05, 4.69) is 9.71 Å². The molecule has 0 saturated heterocycles. The summed E-state index contributed by atoms with van der Waals surface area (Å²) in [6, 6.07) is 16.2. The number of oxazole rings is 1. The second-order valence-corrected chi connectivity index (χ2v) is 12.9. The minimum Gasteiger partial charge on any atom is -0.485 e. The van der Waals surface area contributed by atoms with Gasteiger partial charge in [-0.1, -0.05) is 48.0 Å². The Morgan fingerprint density at radius 3 is 2.59 bits per heavy atom. The van der Waals surface area contributed by atoms with Crippen LogP contribution in [0.2, 0.25) is 5.02 Å². The molecule has 1 heterocycles. The van der Waals surface area contributed by atoms with Crippen LogP contribution in [0, 0.1) is 11.6 Å². The zero-order chi connectivity index (χ0) is 29.2. The Balaban J connectivity index is 1.51. The number of nitrogens with one attached hydrogen (secondary N) is 1. The van der Waals surface area contributed by atoms with Crippen molar-refractivity contribution in [2.45, 2.75) is 49.6 Å². The standard InChI is InChI=1S/C30H28Cl2F2N2O4S/c1-41(37,38)36-22-9-10-30(15-22,29-35-23(16-31)18-40-29)14-20-7-8-26(32)24(11-20)25-12-21(33)13-27(34)28(25)39-17-19-5-3-2-4-6-19/h2-8,11-13,18,22,36H,9-10,14-17H2,1H3/t22-,30+/m0/s1. The van der Waals surface area contributed by atoms with Gasteiger partial charge in [-0.05, 0) is 55.0 Å². The van der Waals surface area contributed by atoms with Gasteiger partial charge in [0.05, 0.1) is 23.2 Å². The molecule has 0 spiro atoms. The molecule has 1 fully saturated rings. The molecule has 11 heteroatoms. The van der Waals surface area contributed by atoms with Crippen LogP contribution in [-0.4, -0.2) is 25.7 Å². The monoisotopic (exact) mass is 620 g/mol. The van der Waals surface area contributed by atoms with Gasteiger partial charge in [-0.2, -0.15) is 0 Å². The fraction of sp³-hybridized carbons (Fsp3) is 0.300. The zero-order valence-corrected chi connectivity index (χ0v) is 24.5. The van der Waals surface area contributed by atoms with Crippen molar-refractivity contribution < 1.29 is 26.4 Å². The van der Waals surface area contributed by atoms with Crippen LogP contribution in [0.4, 0.5) is 8.78 Å². The van der Waals surface area contributed by atoms with Crippen LogP contribution >= 0.6 is 23.2 Å². The van der Waals surface area contributed by atoms with E-state index in [9.17, 15) is 12.8 Å². The van der Waals surface area contributed by atoms with E-state index in [4.69, 9.17) is 32.4 Å². The molecule has 5 rings (SSSR count). The van der Waals surface area contributed by atoms with Crippen molar-refractivity contribution in [3.05, 3.63) is 106 Å². The van der Waals surface area contributed by atoms with Crippen molar-refractivity contribution in [3.8, 4) is 16.9 Å².